The van der Waals surface area contributed by atoms with E-state index in [9.17, 15) is 99.6 Å². The molecule has 0 spiro atoms. The SMILES string of the molecule is [C-]#[N+]c1c(CC)c(N=Nc2cc(C(=O)O)ccc2C(=O)O)c(O)n(C(=C)Nc2nc(NCCn3c(O)c(N=Nc4cc(C(=O)O)ccc4C(=O)O)c(CC)c(C#N)c3=O)nc(NCCn3c(O)c(N=Nc4cc(C(=O)O)ccc4C(=O)O)c(CC)c(C#N)c3=O)n2)c1=O. The second-order valence-electron chi connectivity index (χ2n) is 18.9. The van der Waals surface area contributed by atoms with Crippen molar-refractivity contribution in [3.63, 3.8) is 0 Å². The van der Waals surface area contributed by atoms with Gasteiger partial charge in [0, 0.05) is 37.3 Å². The van der Waals surface area contributed by atoms with Crippen LogP contribution in [0.5, 0.6) is 17.6 Å². The van der Waals surface area contributed by atoms with Gasteiger partial charge in [0.2, 0.25) is 35.5 Å². The van der Waals surface area contributed by atoms with Gasteiger partial charge in [-0.2, -0.15) is 25.5 Å². The van der Waals surface area contributed by atoms with Gasteiger partial charge in [-0.15, -0.1) is 30.7 Å². The minimum atomic E-state index is -1.55. The Bertz CT molecular complexity index is 4580. The number of nitrogens with one attached hydrogen (secondary N) is 3. The first-order chi connectivity index (χ1) is 44.2. The lowest BCUT2D eigenvalue weighted by atomic mass is 10.1. The molecule has 36 nitrogen and oxygen atoms in total. The fourth-order valence-corrected chi connectivity index (χ4v) is 8.95. The van der Waals surface area contributed by atoms with Crippen molar-refractivity contribution in [2.75, 3.05) is 29.0 Å². The van der Waals surface area contributed by atoms with Crippen LogP contribution in [-0.2, 0) is 32.4 Å². The number of carbonyl (C=O) groups is 6. The Morgan fingerprint density at radius 2 is 0.871 bits per heavy atom. The minimum absolute atomic E-state index is 0.111. The van der Waals surface area contributed by atoms with Crippen LogP contribution in [0.2, 0.25) is 0 Å². The Morgan fingerprint density at radius 1 is 0.527 bits per heavy atom. The molecule has 472 valence electrons. The van der Waals surface area contributed by atoms with Gasteiger partial charge in [0.25, 0.3) is 22.4 Å². The molecule has 4 aromatic heterocycles. The fourth-order valence-electron chi connectivity index (χ4n) is 8.95. The molecule has 0 saturated carbocycles. The number of nitrogens with zero attached hydrogens (tertiary/aromatic N) is 15. The number of pyridine rings is 3. The number of azo groups is 3. The molecule has 36 heteroatoms. The molecule has 0 radical (unpaired) electrons. The molecule has 0 bridgehead atoms. The number of hydrogen-bond acceptors (Lipinski definition) is 26. The van der Waals surface area contributed by atoms with E-state index in [4.69, 9.17) is 6.57 Å². The van der Waals surface area contributed by atoms with Gasteiger partial charge in [-0.25, -0.2) is 38.2 Å². The predicted molar refractivity (Wildman–Crippen MR) is 320 cm³/mol. The smallest absolute Gasteiger partial charge is 0.337 e. The number of benzene rings is 3. The number of aromatic nitrogens is 6. The molecule has 4 heterocycles. The molecule has 0 amide bonds. The van der Waals surface area contributed by atoms with E-state index in [1.54, 1.807) is 12.1 Å². The van der Waals surface area contributed by atoms with E-state index in [0.29, 0.717) is 13.7 Å². The van der Waals surface area contributed by atoms with Crippen molar-refractivity contribution in [1.29, 1.82) is 10.5 Å². The van der Waals surface area contributed by atoms with Crippen molar-refractivity contribution in [3.05, 3.63) is 165 Å². The van der Waals surface area contributed by atoms with Crippen molar-refractivity contribution >= 4 is 99.3 Å². The van der Waals surface area contributed by atoms with Gasteiger partial charge in [0.05, 0.1) is 40.0 Å². The van der Waals surface area contributed by atoms with Crippen molar-refractivity contribution in [3.8, 4) is 29.8 Å². The monoisotopic (exact) mass is 1270 g/mol. The average molecular weight is 1270 g/mol. The van der Waals surface area contributed by atoms with Crippen molar-refractivity contribution in [2.45, 2.75) is 53.1 Å². The first-order valence-electron chi connectivity index (χ1n) is 26.7. The number of aromatic carboxylic acids is 6. The summed E-state index contributed by atoms with van der Waals surface area (Å²) in [5, 5.41) is 145. The van der Waals surface area contributed by atoms with Gasteiger partial charge in [0.1, 0.15) is 51.8 Å². The van der Waals surface area contributed by atoms with Gasteiger partial charge in [-0.05, 0) is 79.4 Å². The van der Waals surface area contributed by atoms with E-state index in [2.05, 4.69) is 73.0 Å². The summed E-state index contributed by atoms with van der Waals surface area (Å²) in [6, 6.07) is 12.0. The van der Waals surface area contributed by atoms with E-state index in [1.165, 1.54) is 20.8 Å². The van der Waals surface area contributed by atoms with Gasteiger partial charge in [-0.3, -0.25) is 23.5 Å². The van der Waals surface area contributed by atoms with E-state index in [0.717, 1.165) is 54.6 Å². The summed E-state index contributed by atoms with van der Waals surface area (Å²) >= 11 is 0. The Balaban J connectivity index is 1.30. The fraction of sp³-hybridized carbons (Fsp3) is 0.175. The van der Waals surface area contributed by atoms with E-state index in [1.807, 2.05) is 0 Å². The summed E-state index contributed by atoms with van der Waals surface area (Å²) in [5.74, 6) is -13.9. The van der Waals surface area contributed by atoms with Crippen LogP contribution in [0.3, 0.4) is 0 Å². The zero-order chi connectivity index (χ0) is 68.3. The Labute approximate surface area is 519 Å². The predicted octanol–water partition coefficient (Wildman–Crippen LogP) is 7.65. The van der Waals surface area contributed by atoms with Gasteiger partial charge in [0.15, 0.2) is 11.4 Å². The zero-order valence-corrected chi connectivity index (χ0v) is 48.3. The second kappa shape index (κ2) is 28.3. The van der Waals surface area contributed by atoms with Gasteiger partial charge < -0.3 is 61.9 Å². The third-order valence-corrected chi connectivity index (χ3v) is 13.4. The third-order valence-electron chi connectivity index (χ3n) is 13.4. The lowest BCUT2D eigenvalue weighted by Gasteiger charge is -2.18. The third kappa shape index (κ3) is 14.0. The quantitative estimate of drug-likeness (QED) is 0.0183. The van der Waals surface area contributed by atoms with Crippen LogP contribution in [0, 0.1) is 29.2 Å². The summed E-state index contributed by atoms with van der Waals surface area (Å²) in [4.78, 5) is 129. The van der Waals surface area contributed by atoms with Crippen LogP contribution in [0.15, 0.2) is 106 Å². The number of anilines is 3. The molecule has 3 aromatic carbocycles. The molecule has 0 aliphatic carbocycles. The summed E-state index contributed by atoms with van der Waals surface area (Å²) in [5.41, 5.74) is -11.2. The average Bonchev–Trinajstić information content (AvgIpc) is 0.789. The maximum absolute atomic E-state index is 14.1. The number of hydrogen-bond donors (Lipinski definition) is 12. The maximum atomic E-state index is 14.1. The van der Waals surface area contributed by atoms with Crippen LogP contribution >= 0.6 is 0 Å². The normalized spacial score (nSPS) is 11.1. The van der Waals surface area contributed by atoms with Crippen molar-refractivity contribution in [1.82, 2.24) is 28.7 Å². The second-order valence-corrected chi connectivity index (χ2v) is 18.9. The first-order valence-corrected chi connectivity index (χ1v) is 26.7. The summed E-state index contributed by atoms with van der Waals surface area (Å²) in [6.45, 7) is 14.1. The molecular formula is C57H46N18O18. The topological polar surface area (TPSA) is 551 Å². The van der Waals surface area contributed by atoms with Crippen LogP contribution in [-0.4, -0.2) is 124 Å². The molecule has 0 aliphatic rings. The number of rotatable bonds is 26. The van der Waals surface area contributed by atoms with Crippen LogP contribution in [0.25, 0.3) is 10.7 Å². The number of carboxylic acid groups (broad SMARTS) is 6. The first kappa shape index (κ1) is 66.7. The summed E-state index contributed by atoms with van der Waals surface area (Å²) in [7, 11) is 0. The standard InChI is InChI=1S/C57H46N18O18/c1-6-28-34(22-58)43(76)73(45(78)40(28)70-67-36-19-25(49(82)83)9-12-31(36)52(88)89)17-15-61-55-64-56(62-16-18-74-44(77)35(23-59)29(7-2)41(46(74)79)71-68-37-20-26(50(84)85)10-13-32(37)53(90)91)66-57(65-55)63-24(4)75-47(80)39(60-5)30(8-3)42(48(75)81)72-69-38-21-27(51(86)87)11-14-33(38)54(92)93/h9-14,19-21,78-79,81H,4,6-8,15-18H2,1-3H3,(H,82,83)(H,84,85)(H,86,87)(H,88,89)(H,90,91)(H,92,93)(H3,61,62,63,64,65,66). The number of nitriles is 2. The molecule has 7 aromatic rings. The van der Waals surface area contributed by atoms with Gasteiger partial charge in [-0.1, -0.05) is 27.4 Å². The highest BCUT2D eigenvalue weighted by Crippen LogP contribution is 2.40. The molecule has 0 aliphatic heterocycles. The van der Waals surface area contributed by atoms with E-state index < -0.39 is 193 Å². The van der Waals surface area contributed by atoms with Crippen molar-refractivity contribution < 1.29 is 74.7 Å². The molecule has 0 fully saturated rings. The highest BCUT2D eigenvalue weighted by atomic mass is 16.4. The zero-order valence-electron chi connectivity index (χ0n) is 48.3. The Hall–Kier alpha value is -13.9. The minimum Gasteiger partial charge on any atom is -0.493 e. The van der Waals surface area contributed by atoms with Gasteiger partial charge >= 0.3 is 35.8 Å². The molecule has 0 atom stereocenters. The molecule has 12 N–H and O–H groups in total. The lowest BCUT2D eigenvalue weighted by Crippen LogP contribution is -2.28. The highest BCUT2D eigenvalue weighted by molar-refractivity contribution is 5.98. The molecule has 0 saturated heterocycles. The highest BCUT2D eigenvalue weighted by Gasteiger charge is 2.27. The van der Waals surface area contributed by atoms with E-state index >= 15 is 0 Å². The number of aromatic hydroxyl groups is 3. The largest absolute Gasteiger partial charge is 0.493 e. The lowest BCUT2D eigenvalue weighted by molar-refractivity contribution is 0.0682. The van der Waals surface area contributed by atoms with Crippen LogP contribution in [0.4, 0.5) is 57.7 Å². The molecule has 7 rings (SSSR count). The van der Waals surface area contributed by atoms with Crippen LogP contribution in [0.1, 0.15) is 111 Å². The maximum Gasteiger partial charge on any atom is 0.337 e. The summed E-state index contributed by atoms with van der Waals surface area (Å²) in [6.07, 6.45) is -0.381. The molecule has 93 heavy (non-hydrogen) atoms. The van der Waals surface area contributed by atoms with E-state index in [-0.39, 0.29) is 47.1 Å². The molecular weight excluding hydrogens is 1220 g/mol. The number of carboxylic acids is 6. The van der Waals surface area contributed by atoms with Crippen LogP contribution < -0.4 is 32.6 Å². The van der Waals surface area contributed by atoms with Crippen molar-refractivity contribution in [2.24, 2.45) is 30.7 Å². The Kier molecular flexibility index (Phi) is 20.3. The Morgan fingerprint density at radius 3 is 1.18 bits per heavy atom. The summed E-state index contributed by atoms with van der Waals surface area (Å²) < 4.78 is 1.78. The molecule has 0 unspecified atom stereocenters.